The maximum atomic E-state index is 12.5. The van der Waals surface area contributed by atoms with Crippen LogP contribution in [0, 0.1) is 13.8 Å². The average Bonchev–Trinajstić information content (AvgIpc) is 3.34. The minimum atomic E-state index is -0.163. The molecule has 0 spiro atoms. The molecule has 3 heterocycles. The fourth-order valence-electron chi connectivity index (χ4n) is 3.16. The molecule has 1 saturated heterocycles. The molecular weight excluding hydrogens is 380 g/mol. The van der Waals surface area contributed by atoms with Crippen LogP contribution in [0.5, 0.6) is 0 Å². The Balaban J connectivity index is 1.40. The van der Waals surface area contributed by atoms with Crippen molar-refractivity contribution in [2.24, 2.45) is 0 Å². The summed E-state index contributed by atoms with van der Waals surface area (Å²) in [6.45, 7) is 5.96. The SMILES string of the molecule is Cc1noc(C)c1CC(=O)N1CCN(C(=O)CCNC(=O)c2ccsc2)CC1. The summed E-state index contributed by atoms with van der Waals surface area (Å²) in [6.07, 6.45) is 0.520. The Labute approximate surface area is 167 Å². The second kappa shape index (κ2) is 9.01. The number of amides is 3. The Morgan fingerprint density at radius 1 is 1.14 bits per heavy atom. The molecule has 0 atom stereocenters. The maximum absolute atomic E-state index is 12.5. The molecule has 8 nitrogen and oxygen atoms in total. The van der Waals surface area contributed by atoms with Gasteiger partial charge in [0.05, 0.1) is 12.1 Å². The Morgan fingerprint density at radius 2 is 1.82 bits per heavy atom. The van der Waals surface area contributed by atoms with E-state index in [0.29, 0.717) is 44.0 Å². The largest absolute Gasteiger partial charge is 0.361 e. The minimum Gasteiger partial charge on any atom is -0.361 e. The zero-order valence-electron chi connectivity index (χ0n) is 16.1. The van der Waals surface area contributed by atoms with Crippen molar-refractivity contribution in [1.82, 2.24) is 20.3 Å². The number of aryl methyl sites for hydroxylation is 2. The summed E-state index contributed by atoms with van der Waals surface area (Å²) in [5, 5.41) is 10.3. The molecule has 1 aliphatic rings. The number of hydrogen-bond acceptors (Lipinski definition) is 6. The van der Waals surface area contributed by atoms with Gasteiger partial charge in [-0.3, -0.25) is 14.4 Å². The van der Waals surface area contributed by atoms with Gasteiger partial charge in [-0.1, -0.05) is 5.16 Å². The summed E-state index contributed by atoms with van der Waals surface area (Å²) < 4.78 is 5.11. The van der Waals surface area contributed by atoms with E-state index in [-0.39, 0.29) is 30.6 Å². The summed E-state index contributed by atoms with van der Waals surface area (Å²) in [6, 6.07) is 1.75. The van der Waals surface area contributed by atoms with Crippen molar-refractivity contribution in [3.63, 3.8) is 0 Å². The van der Waals surface area contributed by atoms with Crippen molar-refractivity contribution in [1.29, 1.82) is 0 Å². The molecule has 1 N–H and O–H groups in total. The van der Waals surface area contributed by atoms with Crippen LogP contribution in [-0.2, 0) is 16.0 Å². The number of piperazine rings is 1. The molecule has 0 aliphatic carbocycles. The Bertz CT molecular complexity index is 819. The first-order valence-corrected chi connectivity index (χ1v) is 10.2. The number of rotatable bonds is 6. The van der Waals surface area contributed by atoms with Crippen molar-refractivity contribution < 1.29 is 18.9 Å². The van der Waals surface area contributed by atoms with Crippen LogP contribution in [0.25, 0.3) is 0 Å². The van der Waals surface area contributed by atoms with Crippen molar-refractivity contribution in [3.8, 4) is 0 Å². The summed E-state index contributed by atoms with van der Waals surface area (Å²) >= 11 is 1.46. The fourth-order valence-corrected chi connectivity index (χ4v) is 3.80. The quantitative estimate of drug-likeness (QED) is 0.785. The molecule has 0 saturated carbocycles. The predicted molar refractivity (Wildman–Crippen MR) is 104 cm³/mol. The van der Waals surface area contributed by atoms with Crippen LogP contribution in [0.3, 0.4) is 0 Å². The molecule has 0 bridgehead atoms. The number of carbonyl (C=O) groups excluding carboxylic acids is 3. The lowest BCUT2D eigenvalue weighted by atomic mass is 10.1. The van der Waals surface area contributed by atoms with Gasteiger partial charge in [-0.25, -0.2) is 0 Å². The van der Waals surface area contributed by atoms with Crippen LogP contribution >= 0.6 is 11.3 Å². The van der Waals surface area contributed by atoms with E-state index in [2.05, 4.69) is 10.5 Å². The smallest absolute Gasteiger partial charge is 0.252 e. The van der Waals surface area contributed by atoms with Crippen LogP contribution in [0.15, 0.2) is 21.3 Å². The topological polar surface area (TPSA) is 95.8 Å². The van der Waals surface area contributed by atoms with E-state index >= 15 is 0 Å². The molecule has 150 valence electrons. The summed E-state index contributed by atoms with van der Waals surface area (Å²) in [5.41, 5.74) is 2.19. The molecule has 2 aromatic rings. The zero-order valence-corrected chi connectivity index (χ0v) is 16.9. The zero-order chi connectivity index (χ0) is 20.1. The van der Waals surface area contributed by atoms with E-state index in [0.717, 1.165) is 11.3 Å². The second-order valence-corrected chi connectivity index (χ2v) is 7.54. The van der Waals surface area contributed by atoms with E-state index in [9.17, 15) is 14.4 Å². The molecule has 0 unspecified atom stereocenters. The molecule has 0 aromatic carbocycles. The van der Waals surface area contributed by atoms with Crippen LogP contribution in [0.2, 0.25) is 0 Å². The maximum Gasteiger partial charge on any atom is 0.252 e. The molecule has 28 heavy (non-hydrogen) atoms. The van der Waals surface area contributed by atoms with Gasteiger partial charge in [0.1, 0.15) is 5.76 Å². The second-order valence-electron chi connectivity index (χ2n) is 6.76. The highest BCUT2D eigenvalue weighted by atomic mass is 32.1. The number of carbonyl (C=O) groups is 3. The minimum absolute atomic E-state index is 0.0107. The van der Waals surface area contributed by atoms with Gasteiger partial charge in [0.25, 0.3) is 5.91 Å². The highest BCUT2D eigenvalue weighted by Crippen LogP contribution is 2.15. The van der Waals surface area contributed by atoms with Gasteiger partial charge >= 0.3 is 0 Å². The van der Waals surface area contributed by atoms with Crippen LogP contribution in [0.1, 0.15) is 33.8 Å². The number of nitrogens with zero attached hydrogens (tertiary/aromatic N) is 3. The lowest BCUT2D eigenvalue weighted by Gasteiger charge is -2.35. The molecule has 3 amide bonds. The van der Waals surface area contributed by atoms with Crippen molar-refractivity contribution in [3.05, 3.63) is 39.4 Å². The van der Waals surface area contributed by atoms with E-state index in [4.69, 9.17) is 4.52 Å². The molecular formula is C19H24N4O4S. The normalized spacial score (nSPS) is 14.2. The number of hydrogen-bond donors (Lipinski definition) is 1. The lowest BCUT2D eigenvalue weighted by molar-refractivity contribution is -0.139. The number of thiophene rings is 1. The third kappa shape index (κ3) is 4.78. The number of nitrogens with one attached hydrogen (secondary N) is 1. The van der Waals surface area contributed by atoms with Gasteiger partial charge in [0.2, 0.25) is 11.8 Å². The first kappa shape index (κ1) is 20.1. The van der Waals surface area contributed by atoms with E-state index in [1.54, 1.807) is 28.2 Å². The van der Waals surface area contributed by atoms with Gasteiger partial charge in [-0.2, -0.15) is 11.3 Å². The summed E-state index contributed by atoms with van der Waals surface area (Å²) in [5.74, 6) is 0.515. The van der Waals surface area contributed by atoms with Gasteiger partial charge in [-0.15, -0.1) is 0 Å². The van der Waals surface area contributed by atoms with E-state index in [1.165, 1.54) is 11.3 Å². The predicted octanol–water partition coefficient (Wildman–Crippen LogP) is 1.39. The Morgan fingerprint density at radius 3 is 2.39 bits per heavy atom. The standard InChI is InChI=1S/C19H24N4O4S/c1-13-16(14(2)27-21-13)11-18(25)23-8-6-22(7-9-23)17(24)3-5-20-19(26)15-4-10-28-12-15/h4,10,12H,3,5-9,11H2,1-2H3,(H,20,26). The third-order valence-electron chi connectivity index (χ3n) is 4.90. The van der Waals surface area contributed by atoms with Crippen molar-refractivity contribution >= 4 is 29.1 Å². The molecule has 1 fully saturated rings. The number of aromatic nitrogens is 1. The van der Waals surface area contributed by atoms with Crippen LogP contribution in [0.4, 0.5) is 0 Å². The lowest BCUT2D eigenvalue weighted by Crippen LogP contribution is -2.51. The Hall–Kier alpha value is -2.68. The van der Waals surface area contributed by atoms with E-state index in [1.807, 2.05) is 12.3 Å². The summed E-state index contributed by atoms with van der Waals surface area (Å²) in [4.78, 5) is 40.2. The average molecular weight is 404 g/mol. The molecule has 3 rings (SSSR count). The van der Waals surface area contributed by atoms with Crippen molar-refractivity contribution in [2.45, 2.75) is 26.7 Å². The monoisotopic (exact) mass is 404 g/mol. The van der Waals surface area contributed by atoms with E-state index < -0.39 is 0 Å². The molecule has 9 heteroatoms. The van der Waals surface area contributed by atoms with Crippen LogP contribution < -0.4 is 5.32 Å². The van der Waals surface area contributed by atoms with Crippen LogP contribution in [-0.4, -0.2) is 65.4 Å². The van der Waals surface area contributed by atoms with Gasteiger partial charge in [0, 0.05) is 55.7 Å². The van der Waals surface area contributed by atoms with Gasteiger partial charge in [-0.05, 0) is 25.3 Å². The first-order valence-electron chi connectivity index (χ1n) is 9.23. The molecule has 1 aliphatic heterocycles. The first-order chi connectivity index (χ1) is 13.5. The third-order valence-corrected chi connectivity index (χ3v) is 5.59. The van der Waals surface area contributed by atoms with Crippen molar-refractivity contribution in [2.75, 3.05) is 32.7 Å². The highest BCUT2D eigenvalue weighted by molar-refractivity contribution is 7.08. The molecule has 0 radical (unpaired) electrons. The summed E-state index contributed by atoms with van der Waals surface area (Å²) in [7, 11) is 0. The van der Waals surface area contributed by atoms with Gasteiger partial charge < -0.3 is 19.6 Å². The van der Waals surface area contributed by atoms with Gasteiger partial charge in [0.15, 0.2) is 0 Å². The highest BCUT2D eigenvalue weighted by Gasteiger charge is 2.25. The Kier molecular flexibility index (Phi) is 6.45. The fraction of sp³-hybridized carbons (Fsp3) is 0.474. The molecule has 2 aromatic heterocycles.